The molecule has 0 fully saturated rings. The third kappa shape index (κ3) is 10.8. The van der Waals surface area contributed by atoms with Gasteiger partial charge in [0.1, 0.15) is 0 Å². The maximum absolute atomic E-state index is 3.72. The van der Waals surface area contributed by atoms with Crippen LogP contribution in [0.5, 0.6) is 0 Å². The van der Waals surface area contributed by atoms with Crippen molar-refractivity contribution in [2.75, 3.05) is 0 Å². The van der Waals surface area contributed by atoms with Crippen molar-refractivity contribution in [3.63, 3.8) is 0 Å². The molecule has 0 unspecified atom stereocenters. The SMILES string of the molecule is Cc1c[c-](C)c(C)c1C.Cc1c[c-](C)c(C)c1C.[CH2-]c1ccccc1.[CH2-]c1ccccc1.[Ti+4]. The summed E-state index contributed by atoms with van der Waals surface area (Å²) in [6.07, 6.45) is 0. The van der Waals surface area contributed by atoms with Gasteiger partial charge in [-0.15, -0.1) is 24.3 Å². The monoisotopic (exact) mass is 472 g/mol. The Morgan fingerprint density at radius 3 is 0.879 bits per heavy atom. The summed E-state index contributed by atoms with van der Waals surface area (Å²) in [6, 6.07) is 24.2. The zero-order valence-electron chi connectivity index (χ0n) is 21.8. The Hall–Kier alpha value is -2.41. The minimum atomic E-state index is 0. The van der Waals surface area contributed by atoms with Gasteiger partial charge in [0.25, 0.3) is 0 Å². The molecule has 0 bridgehead atoms. The van der Waals surface area contributed by atoms with Crippen molar-refractivity contribution in [3.05, 3.63) is 142 Å². The van der Waals surface area contributed by atoms with Crippen LogP contribution in [0, 0.1) is 69.2 Å². The quantitative estimate of drug-likeness (QED) is 0.177. The minimum absolute atomic E-state index is 0. The van der Waals surface area contributed by atoms with Gasteiger partial charge in [-0.1, -0.05) is 67.5 Å². The number of benzene rings is 2. The van der Waals surface area contributed by atoms with E-state index in [0.29, 0.717) is 0 Å². The Morgan fingerprint density at radius 1 is 0.515 bits per heavy atom. The molecule has 33 heavy (non-hydrogen) atoms. The van der Waals surface area contributed by atoms with Gasteiger partial charge >= 0.3 is 21.7 Å². The predicted molar refractivity (Wildman–Crippen MR) is 144 cm³/mol. The maximum atomic E-state index is 3.72. The second-order valence-corrected chi connectivity index (χ2v) is 8.49. The van der Waals surface area contributed by atoms with Crippen molar-refractivity contribution in [3.8, 4) is 0 Å². The van der Waals surface area contributed by atoms with Gasteiger partial charge in [0.2, 0.25) is 0 Å². The van der Waals surface area contributed by atoms with Crippen LogP contribution < -0.4 is 0 Å². The Morgan fingerprint density at radius 2 is 0.788 bits per heavy atom. The largest absolute Gasteiger partial charge is 4.00 e. The van der Waals surface area contributed by atoms with Gasteiger partial charge in [0.05, 0.1) is 0 Å². The van der Waals surface area contributed by atoms with E-state index < -0.39 is 0 Å². The fourth-order valence-corrected chi connectivity index (χ4v) is 3.22. The number of aryl methyl sites for hydroxylation is 4. The summed E-state index contributed by atoms with van der Waals surface area (Å²) < 4.78 is 0. The average molecular weight is 473 g/mol. The first-order valence-electron chi connectivity index (χ1n) is 11.2. The van der Waals surface area contributed by atoms with Gasteiger partial charge in [0, 0.05) is 0 Å². The van der Waals surface area contributed by atoms with E-state index in [1.807, 2.05) is 60.7 Å². The van der Waals surface area contributed by atoms with Crippen LogP contribution in [0.4, 0.5) is 0 Å². The molecule has 0 atom stereocenters. The molecule has 0 aliphatic heterocycles. The van der Waals surface area contributed by atoms with Crippen LogP contribution in [-0.2, 0) is 21.7 Å². The molecule has 0 saturated carbocycles. The molecule has 0 N–H and O–H groups in total. The summed E-state index contributed by atoms with van der Waals surface area (Å²) in [5, 5.41) is 0. The molecule has 0 spiro atoms. The number of hydrogen-bond donors (Lipinski definition) is 0. The van der Waals surface area contributed by atoms with Crippen LogP contribution in [-0.4, -0.2) is 0 Å². The molecule has 0 radical (unpaired) electrons. The molecule has 0 heterocycles. The van der Waals surface area contributed by atoms with Gasteiger partial charge in [-0.25, -0.2) is 0 Å². The van der Waals surface area contributed by atoms with Crippen molar-refractivity contribution in [1.82, 2.24) is 0 Å². The normalized spacial score (nSPS) is 9.21. The Balaban J connectivity index is 0.000000412. The van der Waals surface area contributed by atoms with Crippen molar-refractivity contribution in [1.29, 1.82) is 0 Å². The van der Waals surface area contributed by atoms with E-state index in [9.17, 15) is 0 Å². The molecule has 172 valence electrons. The summed E-state index contributed by atoms with van der Waals surface area (Å²) in [6.45, 7) is 24.8. The van der Waals surface area contributed by atoms with Gasteiger partial charge in [0.15, 0.2) is 0 Å². The molecule has 0 nitrogen and oxygen atoms in total. The van der Waals surface area contributed by atoms with Gasteiger partial charge in [-0.3, -0.25) is 0 Å². The zero-order chi connectivity index (χ0) is 24.3. The van der Waals surface area contributed by atoms with Gasteiger partial charge in [-0.2, -0.15) is 106 Å². The predicted octanol–water partition coefficient (Wildman–Crippen LogP) is 9.01. The average Bonchev–Trinajstić information content (AvgIpc) is 3.13. The second kappa shape index (κ2) is 15.4. The van der Waals surface area contributed by atoms with Crippen LogP contribution in [0.3, 0.4) is 0 Å². The van der Waals surface area contributed by atoms with E-state index in [4.69, 9.17) is 0 Å². The van der Waals surface area contributed by atoms with E-state index in [0.717, 1.165) is 11.1 Å². The van der Waals surface area contributed by atoms with Crippen LogP contribution >= 0.6 is 0 Å². The smallest absolute Gasteiger partial charge is 0.199 e. The molecular weight excluding hydrogens is 432 g/mol. The molecule has 0 amide bonds. The first-order valence-corrected chi connectivity index (χ1v) is 11.2. The molecule has 4 rings (SSSR count). The molecule has 4 aromatic rings. The number of rotatable bonds is 0. The Kier molecular flexibility index (Phi) is 14.3. The third-order valence-corrected chi connectivity index (χ3v) is 6.04. The molecule has 0 aromatic heterocycles. The van der Waals surface area contributed by atoms with Gasteiger partial charge in [-0.05, 0) is 0 Å². The van der Waals surface area contributed by atoms with Crippen molar-refractivity contribution >= 4 is 0 Å². The summed E-state index contributed by atoms with van der Waals surface area (Å²) in [7, 11) is 0. The van der Waals surface area contributed by atoms with E-state index in [1.165, 1.54) is 44.5 Å². The fourth-order valence-electron chi connectivity index (χ4n) is 3.22. The molecule has 0 saturated heterocycles. The first-order chi connectivity index (χ1) is 15.0. The minimum Gasteiger partial charge on any atom is -0.199 e. The summed E-state index contributed by atoms with van der Waals surface area (Å²) in [4.78, 5) is 0. The standard InChI is InChI=1S/2C9H13.2C7H7.Ti/c2*1-6-5-7(2)9(4)8(6)3;2*1-7-5-3-2-4-6-7;/h2*5H,1-4H3;2*2-6H,1H2;/q4*-1;+4. The van der Waals surface area contributed by atoms with E-state index in [1.54, 1.807) is 0 Å². The molecule has 1 heteroatoms. The fraction of sp³-hybridized carbons (Fsp3) is 0.250. The van der Waals surface area contributed by atoms with Crippen molar-refractivity contribution in [2.24, 2.45) is 0 Å². The third-order valence-electron chi connectivity index (χ3n) is 6.04. The Bertz CT molecular complexity index is 914. The van der Waals surface area contributed by atoms with Crippen LogP contribution in [0.25, 0.3) is 0 Å². The van der Waals surface area contributed by atoms with Crippen molar-refractivity contribution < 1.29 is 21.7 Å². The maximum Gasteiger partial charge on any atom is 4.00 e. The molecule has 0 aliphatic rings. The molecule has 4 aromatic carbocycles. The second-order valence-electron chi connectivity index (χ2n) is 8.49. The van der Waals surface area contributed by atoms with Crippen LogP contribution in [0.1, 0.15) is 55.6 Å². The molecular formula is C32H40Ti. The zero-order valence-corrected chi connectivity index (χ0v) is 23.4. The van der Waals surface area contributed by atoms with Gasteiger partial charge < -0.3 is 0 Å². The number of hydrogen-bond acceptors (Lipinski definition) is 0. The van der Waals surface area contributed by atoms with Crippen molar-refractivity contribution in [2.45, 2.75) is 55.4 Å². The topological polar surface area (TPSA) is 0 Å². The van der Waals surface area contributed by atoms with E-state index in [-0.39, 0.29) is 21.7 Å². The summed E-state index contributed by atoms with van der Waals surface area (Å²) in [5.74, 6) is 0. The summed E-state index contributed by atoms with van der Waals surface area (Å²) in [5.41, 5.74) is 13.6. The molecule has 0 aliphatic carbocycles. The van der Waals surface area contributed by atoms with E-state index in [2.05, 4.69) is 81.4 Å². The first kappa shape index (κ1) is 30.6. The van der Waals surface area contributed by atoms with Crippen LogP contribution in [0.2, 0.25) is 0 Å². The van der Waals surface area contributed by atoms with E-state index >= 15 is 0 Å². The van der Waals surface area contributed by atoms with Crippen LogP contribution in [0.15, 0.2) is 72.8 Å². The Labute approximate surface area is 218 Å². The summed E-state index contributed by atoms with van der Waals surface area (Å²) >= 11 is 0.